The van der Waals surface area contributed by atoms with Gasteiger partial charge in [-0.05, 0) is 37.5 Å². The summed E-state index contributed by atoms with van der Waals surface area (Å²) in [6.45, 7) is 1.27. The van der Waals surface area contributed by atoms with E-state index in [1.165, 1.54) is 4.68 Å². The molecule has 0 atom stereocenters. The Kier molecular flexibility index (Phi) is 4.28. The Balaban J connectivity index is 1.57. The summed E-state index contributed by atoms with van der Waals surface area (Å²) in [4.78, 5) is 39.8. The molecule has 136 valence electrons. The highest BCUT2D eigenvalue weighted by Crippen LogP contribution is 2.13. The molecular formula is C17H18ClN5O3. The van der Waals surface area contributed by atoms with Crippen LogP contribution in [0.4, 0.5) is 0 Å². The Labute approximate surface area is 152 Å². The first-order valence-corrected chi connectivity index (χ1v) is 9.01. The van der Waals surface area contributed by atoms with Gasteiger partial charge in [0, 0.05) is 31.1 Å². The molecule has 0 saturated carbocycles. The number of H-pyrrole nitrogens is 1. The van der Waals surface area contributed by atoms with Crippen molar-refractivity contribution in [1.29, 1.82) is 0 Å². The lowest BCUT2D eigenvalue weighted by molar-refractivity contribution is 0.491. The number of hydrogen-bond donors (Lipinski definition) is 1. The number of halogens is 1. The van der Waals surface area contributed by atoms with Crippen molar-refractivity contribution in [3.63, 3.8) is 0 Å². The van der Waals surface area contributed by atoms with E-state index < -0.39 is 5.69 Å². The third kappa shape index (κ3) is 2.90. The fourth-order valence-corrected chi connectivity index (χ4v) is 3.57. The molecule has 1 aliphatic heterocycles. The molecule has 8 nitrogen and oxygen atoms in total. The summed E-state index contributed by atoms with van der Waals surface area (Å²) >= 11 is 5.95. The van der Waals surface area contributed by atoms with Gasteiger partial charge < -0.3 is 4.98 Å². The number of nitrogens with zero attached hydrogens (tertiary/aromatic N) is 4. The summed E-state index contributed by atoms with van der Waals surface area (Å²) in [5, 5.41) is 5.17. The second kappa shape index (κ2) is 6.60. The van der Waals surface area contributed by atoms with Crippen molar-refractivity contribution >= 4 is 22.5 Å². The van der Waals surface area contributed by atoms with Crippen molar-refractivity contribution in [1.82, 2.24) is 23.9 Å². The molecule has 26 heavy (non-hydrogen) atoms. The molecule has 0 spiro atoms. The molecule has 0 radical (unpaired) electrons. The van der Waals surface area contributed by atoms with Gasteiger partial charge >= 0.3 is 11.4 Å². The average molecular weight is 376 g/mol. The van der Waals surface area contributed by atoms with Crippen LogP contribution >= 0.6 is 11.6 Å². The summed E-state index contributed by atoms with van der Waals surface area (Å²) in [6, 6.07) is 4.77. The van der Waals surface area contributed by atoms with Crippen LogP contribution in [0.3, 0.4) is 0 Å². The number of rotatable bonds is 4. The minimum Gasteiger partial charge on any atom is -0.307 e. The Morgan fingerprint density at radius 1 is 1.15 bits per heavy atom. The number of aromatic nitrogens is 5. The highest BCUT2D eigenvalue weighted by Gasteiger charge is 2.16. The normalized spacial score (nSPS) is 13.9. The lowest BCUT2D eigenvalue weighted by Crippen LogP contribution is -2.35. The molecule has 1 aliphatic rings. The fraction of sp³-hybridized carbons (Fsp3) is 0.412. The minimum absolute atomic E-state index is 0.119. The molecule has 2 aromatic heterocycles. The van der Waals surface area contributed by atoms with Crippen LogP contribution in [0.25, 0.3) is 10.9 Å². The lowest BCUT2D eigenvalue weighted by atomic mass is 10.2. The molecule has 0 unspecified atom stereocenters. The van der Waals surface area contributed by atoms with E-state index in [1.54, 1.807) is 22.8 Å². The maximum atomic E-state index is 12.6. The summed E-state index contributed by atoms with van der Waals surface area (Å²) in [5.41, 5.74) is -0.520. The van der Waals surface area contributed by atoms with Crippen LogP contribution in [0.15, 0.2) is 32.6 Å². The number of nitrogens with one attached hydrogen (secondary N) is 1. The van der Waals surface area contributed by atoms with Gasteiger partial charge in [-0.1, -0.05) is 11.6 Å². The van der Waals surface area contributed by atoms with Crippen LogP contribution in [-0.2, 0) is 26.1 Å². The lowest BCUT2D eigenvalue weighted by Gasteiger charge is -2.09. The maximum absolute atomic E-state index is 12.6. The van der Waals surface area contributed by atoms with E-state index >= 15 is 0 Å². The first kappa shape index (κ1) is 16.8. The highest BCUT2D eigenvalue weighted by molar-refractivity contribution is 6.31. The van der Waals surface area contributed by atoms with E-state index in [0.717, 1.165) is 29.7 Å². The largest absolute Gasteiger partial charge is 0.345 e. The molecular weight excluding hydrogens is 358 g/mol. The summed E-state index contributed by atoms with van der Waals surface area (Å²) in [5.74, 6) is 0.816. The van der Waals surface area contributed by atoms with Gasteiger partial charge in [0.25, 0.3) is 5.56 Å². The van der Waals surface area contributed by atoms with Gasteiger partial charge in [0.15, 0.2) is 0 Å². The molecule has 0 amide bonds. The standard InChI is InChI=1S/C17H18ClN5O3/c18-11-5-6-13-12(10-11)15(24)22(16(25)19-13)8-3-9-23-17(26)21-7-2-1-4-14(21)20-23/h5-6,10H,1-4,7-9H2,(H,19,25). The maximum Gasteiger partial charge on any atom is 0.345 e. The van der Waals surface area contributed by atoms with Crippen LogP contribution in [-0.4, -0.2) is 23.9 Å². The average Bonchev–Trinajstić information content (AvgIpc) is 2.95. The second-order valence-electron chi connectivity index (χ2n) is 6.46. The molecule has 0 aliphatic carbocycles. The van der Waals surface area contributed by atoms with Gasteiger partial charge in [-0.15, -0.1) is 0 Å². The smallest absolute Gasteiger partial charge is 0.307 e. The predicted molar refractivity (Wildman–Crippen MR) is 97.9 cm³/mol. The van der Waals surface area contributed by atoms with E-state index in [2.05, 4.69) is 10.1 Å². The van der Waals surface area contributed by atoms with Gasteiger partial charge in [-0.3, -0.25) is 13.9 Å². The van der Waals surface area contributed by atoms with Gasteiger partial charge in [0.1, 0.15) is 5.82 Å². The Morgan fingerprint density at radius 3 is 2.81 bits per heavy atom. The van der Waals surface area contributed by atoms with Crippen LogP contribution in [0.2, 0.25) is 5.02 Å². The number of aromatic amines is 1. The molecule has 3 heterocycles. The van der Waals surface area contributed by atoms with Crippen molar-refractivity contribution in [2.75, 3.05) is 0 Å². The molecule has 0 saturated heterocycles. The Morgan fingerprint density at radius 2 is 2.00 bits per heavy atom. The van der Waals surface area contributed by atoms with E-state index in [4.69, 9.17) is 11.6 Å². The Hall–Kier alpha value is -2.61. The monoisotopic (exact) mass is 375 g/mol. The van der Waals surface area contributed by atoms with Gasteiger partial charge in [0.05, 0.1) is 10.9 Å². The molecule has 3 aromatic rings. The van der Waals surface area contributed by atoms with Gasteiger partial charge in [-0.2, -0.15) is 5.10 Å². The first-order chi connectivity index (χ1) is 12.5. The van der Waals surface area contributed by atoms with Crippen LogP contribution in [0.5, 0.6) is 0 Å². The molecule has 1 N–H and O–H groups in total. The molecule has 0 bridgehead atoms. The van der Waals surface area contributed by atoms with Gasteiger partial charge in [-0.25, -0.2) is 14.3 Å². The third-order valence-corrected chi connectivity index (χ3v) is 4.96. The molecule has 0 fully saturated rings. The van der Waals surface area contributed by atoms with Crippen LogP contribution < -0.4 is 16.9 Å². The summed E-state index contributed by atoms with van der Waals surface area (Å²) in [6.07, 6.45) is 3.29. The fourth-order valence-electron chi connectivity index (χ4n) is 3.40. The van der Waals surface area contributed by atoms with Crippen molar-refractivity contribution in [2.45, 2.75) is 45.3 Å². The van der Waals surface area contributed by atoms with E-state index in [1.807, 2.05) is 0 Å². The SMILES string of the molecule is O=c1n(CCCn2c(=O)[nH]c3ccc(Cl)cc3c2=O)nc2n1CCCC2. The Bertz CT molecular complexity index is 1150. The zero-order valence-corrected chi connectivity index (χ0v) is 14.8. The topological polar surface area (TPSA) is 94.7 Å². The van der Waals surface area contributed by atoms with E-state index in [-0.39, 0.29) is 17.8 Å². The number of benzene rings is 1. The van der Waals surface area contributed by atoms with Crippen molar-refractivity contribution in [3.8, 4) is 0 Å². The molecule has 1 aromatic carbocycles. The number of hydrogen-bond acceptors (Lipinski definition) is 4. The zero-order valence-electron chi connectivity index (χ0n) is 14.1. The summed E-state index contributed by atoms with van der Waals surface area (Å²) < 4.78 is 4.28. The van der Waals surface area contributed by atoms with Crippen molar-refractivity contribution in [2.24, 2.45) is 0 Å². The van der Waals surface area contributed by atoms with Gasteiger partial charge in [0.2, 0.25) is 0 Å². The second-order valence-corrected chi connectivity index (χ2v) is 6.90. The number of fused-ring (bicyclic) bond motifs is 2. The van der Waals surface area contributed by atoms with Crippen molar-refractivity contribution < 1.29 is 0 Å². The number of aryl methyl sites for hydroxylation is 2. The van der Waals surface area contributed by atoms with E-state index in [0.29, 0.717) is 35.4 Å². The molecule has 9 heteroatoms. The van der Waals surface area contributed by atoms with Crippen LogP contribution in [0, 0.1) is 0 Å². The van der Waals surface area contributed by atoms with E-state index in [9.17, 15) is 14.4 Å². The summed E-state index contributed by atoms with van der Waals surface area (Å²) in [7, 11) is 0. The quantitative estimate of drug-likeness (QED) is 0.739. The van der Waals surface area contributed by atoms with Crippen LogP contribution in [0.1, 0.15) is 25.1 Å². The first-order valence-electron chi connectivity index (χ1n) is 8.63. The highest BCUT2D eigenvalue weighted by atomic mass is 35.5. The van der Waals surface area contributed by atoms with Crippen molar-refractivity contribution in [3.05, 3.63) is 60.4 Å². The zero-order chi connectivity index (χ0) is 18.3. The molecule has 4 rings (SSSR count). The third-order valence-electron chi connectivity index (χ3n) is 4.73. The minimum atomic E-state index is -0.471. The predicted octanol–water partition coefficient (Wildman–Crippen LogP) is 1.13.